The van der Waals surface area contributed by atoms with Gasteiger partial charge in [-0.3, -0.25) is 4.79 Å². The molecule has 1 aliphatic heterocycles. The molecule has 0 bridgehead atoms. The first kappa shape index (κ1) is 11.9. The lowest BCUT2D eigenvalue weighted by Crippen LogP contribution is -2.15. The number of esters is 1. The van der Waals surface area contributed by atoms with E-state index >= 15 is 0 Å². The minimum Gasteiger partial charge on any atom is -0.469 e. The highest BCUT2D eigenvalue weighted by Crippen LogP contribution is 2.19. The summed E-state index contributed by atoms with van der Waals surface area (Å²) in [6.07, 6.45) is 2.14. The van der Waals surface area contributed by atoms with Crippen molar-refractivity contribution >= 4 is 23.3 Å². The number of oxime groups is 1. The minimum absolute atomic E-state index is 0.199. The van der Waals surface area contributed by atoms with Crippen LogP contribution in [0.15, 0.2) is 23.5 Å². The highest BCUT2D eigenvalue weighted by molar-refractivity contribution is 6.29. The quantitative estimate of drug-likeness (QED) is 0.609. The van der Waals surface area contributed by atoms with Gasteiger partial charge in [0, 0.05) is 18.2 Å². The molecule has 2 rings (SSSR count). The molecule has 0 N–H and O–H groups in total. The van der Waals surface area contributed by atoms with E-state index in [9.17, 15) is 4.79 Å². The number of ether oxygens (including phenoxy) is 1. The van der Waals surface area contributed by atoms with Crippen molar-refractivity contribution in [3.8, 4) is 0 Å². The Morgan fingerprint density at radius 2 is 2.47 bits per heavy atom. The zero-order valence-corrected chi connectivity index (χ0v) is 9.98. The van der Waals surface area contributed by atoms with Crippen LogP contribution < -0.4 is 0 Å². The predicted molar refractivity (Wildman–Crippen MR) is 61.9 cm³/mol. The van der Waals surface area contributed by atoms with Gasteiger partial charge in [-0.2, -0.15) is 0 Å². The maximum atomic E-state index is 11.1. The van der Waals surface area contributed by atoms with E-state index in [2.05, 4.69) is 14.9 Å². The van der Waals surface area contributed by atoms with E-state index in [-0.39, 0.29) is 18.5 Å². The summed E-state index contributed by atoms with van der Waals surface area (Å²) in [6.45, 7) is 0. The molecule has 0 aromatic carbocycles. The summed E-state index contributed by atoms with van der Waals surface area (Å²) in [7, 11) is 1.35. The molecule has 0 radical (unpaired) electrons. The summed E-state index contributed by atoms with van der Waals surface area (Å²) < 4.78 is 4.57. The van der Waals surface area contributed by atoms with E-state index < -0.39 is 0 Å². The Kier molecular flexibility index (Phi) is 3.58. The Morgan fingerprint density at radius 1 is 1.65 bits per heavy atom. The topological polar surface area (TPSA) is 60.8 Å². The van der Waals surface area contributed by atoms with Crippen molar-refractivity contribution in [2.24, 2.45) is 5.16 Å². The van der Waals surface area contributed by atoms with Crippen molar-refractivity contribution in [2.45, 2.75) is 18.9 Å². The van der Waals surface area contributed by atoms with Gasteiger partial charge >= 0.3 is 5.97 Å². The fraction of sp³-hybridized carbons (Fsp3) is 0.364. The lowest BCUT2D eigenvalue weighted by Gasteiger charge is -2.05. The summed E-state index contributed by atoms with van der Waals surface area (Å²) >= 11 is 5.69. The van der Waals surface area contributed by atoms with Crippen LogP contribution in [0.1, 0.15) is 18.4 Å². The average Bonchev–Trinajstić information content (AvgIpc) is 2.78. The number of halogens is 1. The van der Waals surface area contributed by atoms with Crippen LogP contribution in [0, 0.1) is 0 Å². The predicted octanol–water partition coefficient (Wildman–Crippen LogP) is 1.79. The van der Waals surface area contributed by atoms with E-state index in [4.69, 9.17) is 16.4 Å². The first-order chi connectivity index (χ1) is 8.19. The molecule has 6 heteroatoms. The van der Waals surface area contributed by atoms with Gasteiger partial charge in [-0.1, -0.05) is 16.8 Å². The normalized spacial score (nSPS) is 18.5. The van der Waals surface area contributed by atoms with Gasteiger partial charge in [0.05, 0.1) is 19.2 Å². The Labute approximate surface area is 103 Å². The monoisotopic (exact) mass is 254 g/mol. The van der Waals surface area contributed by atoms with Crippen molar-refractivity contribution in [1.82, 2.24) is 4.98 Å². The second kappa shape index (κ2) is 5.14. The lowest BCUT2D eigenvalue weighted by atomic mass is 10.1. The molecule has 0 aliphatic carbocycles. The molecule has 17 heavy (non-hydrogen) atoms. The summed E-state index contributed by atoms with van der Waals surface area (Å²) in [6, 6.07) is 3.51. The zero-order chi connectivity index (χ0) is 12.3. The van der Waals surface area contributed by atoms with Gasteiger partial charge < -0.3 is 9.57 Å². The second-order valence-electron chi connectivity index (χ2n) is 3.62. The number of methoxy groups -OCH3 is 1. The van der Waals surface area contributed by atoms with Crippen molar-refractivity contribution in [3.63, 3.8) is 0 Å². The maximum absolute atomic E-state index is 11.1. The number of aromatic nitrogens is 1. The van der Waals surface area contributed by atoms with Crippen LogP contribution in [0.3, 0.4) is 0 Å². The molecular formula is C11H11ClN2O3. The summed E-state index contributed by atoms with van der Waals surface area (Å²) in [5, 5.41) is 4.36. The molecule has 5 nitrogen and oxygen atoms in total. The molecule has 0 amide bonds. The summed E-state index contributed by atoms with van der Waals surface area (Å²) in [5.74, 6) is -0.305. The van der Waals surface area contributed by atoms with Crippen LogP contribution in [0.2, 0.25) is 5.15 Å². The van der Waals surface area contributed by atoms with E-state index in [1.54, 1.807) is 12.3 Å². The fourth-order valence-corrected chi connectivity index (χ4v) is 1.64. The molecule has 1 atom stereocenters. The van der Waals surface area contributed by atoms with Gasteiger partial charge in [0.25, 0.3) is 0 Å². The molecule has 2 heterocycles. The highest BCUT2D eigenvalue weighted by atomic mass is 35.5. The van der Waals surface area contributed by atoms with E-state index in [1.807, 2.05) is 6.07 Å². The third kappa shape index (κ3) is 2.94. The number of pyridine rings is 1. The first-order valence-corrected chi connectivity index (χ1v) is 5.48. The van der Waals surface area contributed by atoms with Gasteiger partial charge in [-0.25, -0.2) is 4.98 Å². The van der Waals surface area contributed by atoms with Gasteiger partial charge in [-0.05, 0) is 12.1 Å². The number of hydrogen-bond acceptors (Lipinski definition) is 5. The Morgan fingerprint density at radius 3 is 3.12 bits per heavy atom. The zero-order valence-electron chi connectivity index (χ0n) is 9.22. The fourth-order valence-electron chi connectivity index (χ4n) is 1.52. The Hall–Kier alpha value is -1.62. The number of nitrogens with zero attached hydrogens (tertiary/aromatic N) is 2. The van der Waals surface area contributed by atoms with Crippen LogP contribution in [-0.2, 0) is 14.4 Å². The number of hydrogen-bond donors (Lipinski definition) is 0. The van der Waals surface area contributed by atoms with Crippen molar-refractivity contribution in [1.29, 1.82) is 0 Å². The molecule has 0 fully saturated rings. The second-order valence-corrected chi connectivity index (χ2v) is 4.01. The lowest BCUT2D eigenvalue weighted by molar-refractivity contribution is -0.143. The van der Waals surface area contributed by atoms with Crippen LogP contribution in [0.4, 0.5) is 0 Å². The van der Waals surface area contributed by atoms with Crippen molar-refractivity contribution < 1.29 is 14.4 Å². The van der Waals surface area contributed by atoms with E-state index in [0.717, 1.165) is 11.3 Å². The number of rotatable bonds is 3. The largest absolute Gasteiger partial charge is 0.469 e. The molecule has 1 aromatic heterocycles. The van der Waals surface area contributed by atoms with Crippen LogP contribution in [0.25, 0.3) is 0 Å². The summed E-state index contributed by atoms with van der Waals surface area (Å²) in [5.41, 5.74) is 1.62. The minimum atomic E-state index is -0.305. The van der Waals surface area contributed by atoms with Crippen molar-refractivity contribution in [2.75, 3.05) is 7.11 Å². The van der Waals surface area contributed by atoms with E-state index in [1.165, 1.54) is 7.11 Å². The SMILES string of the molecule is COC(=O)CC1CC(c2ccc(Cl)nc2)=NO1. The van der Waals surface area contributed by atoms with Crippen molar-refractivity contribution in [3.05, 3.63) is 29.0 Å². The van der Waals surface area contributed by atoms with Crippen LogP contribution >= 0.6 is 11.6 Å². The molecule has 1 aliphatic rings. The maximum Gasteiger partial charge on any atom is 0.309 e. The standard InChI is InChI=1S/C11H11ClN2O3/c1-16-11(15)5-8-4-9(14-17-8)7-2-3-10(12)13-6-7/h2-3,6,8H,4-5H2,1H3. The van der Waals surface area contributed by atoms with Crippen LogP contribution in [0.5, 0.6) is 0 Å². The summed E-state index contributed by atoms with van der Waals surface area (Å²) in [4.78, 5) is 20.2. The number of carbonyl (C=O) groups is 1. The smallest absolute Gasteiger partial charge is 0.309 e. The molecule has 1 aromatic rings. The molecule has 90 valence electrons. The molecule has 1 unspecified atom stereocenters. The first-order valence-electron chi connectivity index (χ1n) is 5.10. The van der Waals surface area contributed by atoms with Gasteiger partial charge in [0.1, 0.15) is 11.3 Å². The Balaban J connectivity index is 1.97. The van der Waals surface area contributed by atoms with E-state index in [0.29, 0.717) is 11.6 Å². The van der Waals surface area contributed by atoms with Crippen LogP contribution in [-0.4, -0.2) is 29.9 Å². The van der Waals surface area contributed by atoms with Gasteiger partial charge in [0.15, 0.2) is 0 Å². The molecule has 0 saturated heterocycles. The molecular weight excluding hydrogens is 244 g/mol. The third-order valence-electron chi connectivity index (χ3n) is 2.42. The van der Waals surface area contributed by atoms with Gasteiger partial charge in [-0.15, -0.1) is 0 Å². The molecule has 0 spiro atoms. The average molecular weight is 255 g/mol. The Bertz CT molecular complexity index is 445. The third-order valence-corrected chi connectivity index (χ3v) is 2.64. The van der Waals surface area contributed by atoms with Gasteiger partial charge in [0.2, 0.25) is 0 Å². The highest BCUT2D eigenvalue weighted by Gasteiger charge is 2.25. The molecule has 0 saturated carbocycles. The number of carbonyl (C=O) groups excluding carboxylic acids is 1.